The number of fused-ring (bicyclic) bond motifs is 2. The summed E-state index contributed by atoms with van der Waals surface area (Å²) in [5, 5.41) is 2.96. The third kappa shape index (κ3) is 2.85. The highest BCUT2D eigenvalue weighted by molar-refractivity contribution is 6.43. The minimum absolute atomic E-state index is 0.0963. The third-order valence-corrected chi connectivity index (χ3v) is 5.10. The lowest BCUT2D eigenvalue weighted by Gasteiger charge is -2.30. The molecule has 0 atom stereocenters. The molecule has 2 aromatic rings. The Bertz CT molecular complexity index is 996. The van der Waals surface area contributed by atoms with Crippen LogP contribution < -0.4 is 10.2 Å². The van der Waals surface area contributed by atoms with Crippen molar-refractivity contribution < 1.29 is 19.2 Å². The predicted octanol–water partition coefficient (Wildman–Crippen LogP) is 2.57. The largest absolute Gasteiger partial charge is 0.323 e. The smallest absolute Gasteiger partial charge is 0.262 e. The number of benzene rings is 2. The second-order valence-corrected chi connectivity index (χ2v) is 6.87. The molecule has 0 saturated heterocycles. The number of nitrogens with zero attached hydrogens (tertiary/aromatic N) is 2. The fraction of sp³-hybridized carbons (Fsp3) is 0.111. The van der Waals surface area contributed by atoms with Gasteiger partial charge in [0.25, 0.3) is 11.8 Å². The highest BCUT2D eigenvalue weighted by atomic mass is 35.5. The summed E-state index contributed by atoms with van der Waals surface area (Å²) in [5.41, 5.74) is 1.19. The molecule has 27 heavy (non-hydrogen) atoms. The predicted molar refractivity (Wildman–Crippen MR) is 99.3 cm³/mol. The fourth-order valence-electron chi connectivity index (χ4n) is 3.10. The fourth-order valence-corrected chi connectivity index (χ4v) is 3.43. The van der Waals surface area contributed by atoms with E-state index in [1.807, 2.05) is 0 Å². The molecule has 2 heterocycles. The van der Waals surface area contributed by atoms with Crippen LogP contribution in [-0.4, -0.2) is 41.6 Å². The number of amides is 4. The topological polar surface area (TPSA) is 86.8 Å². The van der Waals surface area contributed by atoms with Crippen molar-refractivity contribution in [3.8, 4) is 0 Å². The third-order valence-electron chi connectivity index (χ3n) is 4.38. The van der Waals surface area contributed by atoms with E-state index in [1.54, 1.807) is 24.3 Å². The van der Waals surface area contributed by atoms with Crippen molar-refractivity contribution >= 4 is 58.2 Å². The van der Waals surface area contributed by atoms with Crippen LogP contribution in [0.4, 0.5) is 11.4 Å². The zero-order chi connectivity index (χ0) is 19.3. The summed E-state index contributed by atoms with van der Waals surface area (Å²) in [5.74, 6) is -2.17. The van der Waals surface area contributed by atoms with Crippen LogP contribution >= 0.6 is 23.2 Å². The van der Waals surface area contributed by atoms with E-state index in [4.69, 9.17) is 23.2 Å². The molecular weight excluding hydrogens is 393 g/mol. The van der Waals surface area contributed by atoms with Gasteiger partial charge in [-0.05, 0) is 24.3 Å². The summed E-state index contributed by atoms with van der Waals surface area (Å²) < 4.78 is 0. The molecule has 1 N–H and O–H groups in total. The molecule has 7 nitrogen and oxygen atoms in total. The molecule has 0 saturated carbocycles. The SMILES string of the molecule is O=C1CN(C(=O)CN2C(=O)c3cc(Cl)c(Cl)cc3C2=O)c2ccccc2N1. The maximum absolute atomic E-state index is 12.8. The number of anilines is 2. The molecule has 0 spiro atoms. The van der Waals surface area contributed by atoms with Crippen molar-refractivity contribution in [3.05, 3.63) is 57.6 Å². The summed E-state index contributed by atoms with van der Waals surface area (Å²) in [7, 11) is 0. The second kappa shape index (κ2) is 6.37. The van der Waals surface area contributed by atoms with Gasteiger partial charge in [0.2, 0.25) is 11.8 Å². The lowest BCUT2D eigenvalue weighted by Crippen LogP contribution is -2.47. The Kier molecular flexibility index (Phi) is 4.13. The maximum atomic E-state index is 12.8. The Morgan fingerprint density at radius 2 is 1.59 bits per heavy atom. The number of para-hydroxylation sites is 2. The number of hydrogen-bond donors (Lipinski definition) is 1. The zero-order valence-corrected chi connectivity index (χ0v) is 15.2. The van der Waals surface area contributed by atoms with Crippen molar-refractivity contribution in [2.75, 3.05) is 23.3 Å². The Morgan fingerprint density at radius 3 is 2.22 bits per heavy atom. The van der Waals surface area contributed by atoms with Crippen LogP contribution in [0.5, 0.6) is 0 Å². The number of carbonyl (C=O) groups excluding carboxylic acids is 4. The number of halogens is 2. The van der Waals surface area contributed by atoms with E-state index in [2.05, 4.69) is 5.32 Å². The molecule has 2 aliphatic heterocycles. The van der Waals surface area contributed by atoms with Crippen molar-refractivity contribution in [1.82, 2.24) is 4.90 Å². The van der Waals surface area contributed by atoms with Gasteiger partial charge in [-0.25, -0.2) is 0 Å². The minimum atomic E-state index is -0.628. The maximum Gasteiger partial charge on any atom is 0.262 e. The van der Waals surface area contributed by atoms with Gasteiger partial charge in [0.15, 0.2) is 0 Å². The molecule has 2 aromatic carbocycles. The molecule has 2 aliphatic rings. The van der Waals surface area contributed by atoms with Crippen molar-refractivity contribution in [2.45, 2.75) is 0 Å². The van der Waals surface area contributed by atoms with Gasteiger partial charge in [-0.3, -0.25) is 29.0 Å². The second-order valence-electron chi connectivity index (χ2n) is 6.05. The highest BCUT2D eigenvalue weighted by Crippen LogP contribution is 2.32. The molecule has 9 heteroatoms. The van der Waals surface area contributed by atoms with Gasteiger partial charge in [-0.1, -0.05) is 35.3 Å². The summed E-state index contributed by atoms with van der Waals surface area (Å²) in [6.07, 6.45) is 0. The van der Waals surface area contributed by atoms with Gasteiger partial charge >= 0.3 is 0 Å². The normalized spacial score (nSPS) is 15.6. The number of carbonyl (C=O) groups is 4. The Hall–Kier alpha value is -2.90. The van der Waals surface area contributed by atoms with Crippen LogP contribution in [-0.2, 0) is 9.59 Å². The van der Waals surface area contributed by atoms with E-state index in [-0.39, 0.29) is 33.6 Å². The standard InChI is InChI=1S/C18H11Cl2N3O4/c19-11-5-9-10(6-12(11)20)18(27)23(17(9)26)8-16(25)22-7-15(24)21-13-3-1-2-4-14(13)22/h1-6H,7-8H2,(H,21,24). The van der Waals surface area contributed by atoms with E-state index in [1.165, 1.54) is 17.0 Å². The van der Waals surface area contributed by atoms with Crippen LogP contribution in [0.25, 0.3) is 0 Å². The van der Waals surface area contributed by atoms with Crippen LogP contribution in [0.15, 0.2) is 36.4 Å². The van der Waals surface area contributed by atoms with Gasteiger partial charge in [0.1, 0.15) is 13.1 Å². The van der Waals surface area contributed by atoms with E-state index in [0.29, 0.717) is 11.4 Å². The Labute approximate surface area is 163 Å². The molecule has 136 valence electrons. The van der Waals surface area contributed by atoms with E-state index < -0.39 is 24.3 Å². The lowest BCUT2D eigenvalue weighted by atomic mass is 10.1. The molecule has 4 amide bonds. The van der Waals surface area contributed by atoms with Crippen LogP contribution in [0.1, 0.15) is 20.7 Å². The van der Waals surface area contributed by atoms with E-state index in [0.717, 1.165) is 4.90 Å². The average molecular weight is 404 g/mol. The van der Waals surface area contributed by atoms with Crippen molar-refractivity contribution in [1.29, 1.82) is 0 Å². The lowest BCUT2D eigenvalue weighted by molar-refractivity contribution is -0.122. The van der Waals surface area contributed by atoms with E-state index in [9.17, 15) is 19.2 Å². The number of hydrogen-bond acceptors (Lipinski definition) is 4. The Balaban J connectivity index is 1.62. The average Bonchev–Trinajstić information content (AvgIpc) is 2.86. The molecular formula is C18H11Cl2N3O4. The van der Waals surface area contributed by atoms with Gasteiger partial charge in [-0.2, -0.15) is 0 Å². The van der Waals surface area contributed by atoms with Gasteiger partial charge in [-0.15, -0.1) is 0 Å². The molecule has 0 radical (unpaired) electrons. The quantitative estimate of drug-likeness (QED) is 0.780. The van der Waals surface area contributed by atoms with Crippen molar-refractivity contribution in [3.63, 3.8) is 0 Å². The molecule has 0 aliphatic carbocycles. The van der Waals surface area contributed by atoms with E-state index >= 15 is 0 Å². The molecule has 0 unspecified atom stereocenters. The van der Waals surface area contributed by atoms with Gasteiger partial charge < -0.3 is 5.32 Å². The first-order chi connectivity index (χ1) is 12.9. The van der Waals surface area contributed by atoms with Crippen LogP contribution in [0, 0.1) is 0 Å². The number of nitrogens with one attached hydrogen (secondary N) is 1. The molecule has 4 rings (SSSR count). The minimum Gasteiger partial charge on any atom is -0.323 e. The summed E-state index contributed by atoms with van der Waals surface area (Å²) in [6.45, 7) is -0.695. The number of imide groups is 1. The summed E-state index contributed by atoms with van der Waals surface area (Å²) in [4.78, 5) is 51.8. The summed E-state index contributed by atoms with van der Waals surface area (Å²) >= 11 is 11.8. The molecule has 0 aromatic heterocycles. The van der Waals surface area contributed by atoms with Gasteiger partial charge in [0.05, 0.1) is 32.5 Å². The molecule has 0 bridgehead atoms. The highest BCUT2D eigenvalue weighted by Gasteiger charge is 2.39. The molecule has 0 fully saturated rings. The van der Waals surface area contributed by atoms with Crippen LogP contribution in [0.2, 0.25) is 10.0 Å². The first-order valence-electron chi connectivity index (χ1n) is 7.91. The van der Waals surface area contributed by atoms with Gasteiger partial charge in [0, 0.05) is 0 Å². The monoisotopic (exact) mass is 403 g/mol. The first kappa shape index (κ1) is 17.5. The Morgan fingerprint density at radius 1 is 1.00 bits per heavy atom. The van der Waals surface area contributed by atoms with Crippen LogP contribution in [0.3, 0.4) is 0 Å². The van der Waals surface area contributed by atoms with Crippen molar-refractivity contribution in [2.24, 2.45) is 0 Å². The zero-order valence-electron chi connectivity index (χ0n) is 13.7. The first-order valence-corrected chi connectivity index (χ1v) is 8.67. The summed E-state index contributed by atoms with van der Waals surface area (Å²) in [6, 6.07) is 9.42. The number of rotatable bonds is 2.